The monoisotopic (exact) mass is 362 g/mol. The fraction of sp³-hybridized carbons (Fsp3) is 0.474. The van der Waals surface area contributed by atoms with Crippen LogP contribution in [-0.4, -0.2) is 45.0 Å². The van der Waals surface area contributed by atoms with Crippen molar-refractivity contribution in [3.05, 3.63) is 47.2 Å². The molecule has 0 aromatic heterocycles. The molecule has 2 unspecified atom stereocenters. The number of fused-ring (bicyclic) bond motifs is 1. The summed E-state index contributed by atoms with van der Waals surface area (Å²) in [6, 6.07) is 0. The van der Waals surface area contributed by atoms with E-state index in [0.29, 0.717) is 11.5 Å². The van der Waals surface area contributed by atoms with E-state index in [9.17, 15) is 9.59 Å². The number of allylic oxidation sites excluding steroid dienone is 6. The van der Waals surface area contributed by atoms with Gasteiger partial charge in [0.25, 0.3) is 0 Å². The fourth-order valence-electron chi connectivity index (χ4n) is 3.13. The quantitative estimate of drug-likeness (QED) is 0.669. The molecule has 0 bridgehead atoms. The van der Waals surface area contributed by atoms with Gasteiger partial charge >= 0.3 is 0 Å². The number of ether oxygens (including phenoxy) is 5. The van der Waals surface area contributed by atoms with E-state index >= 15 is 0 Å². The number of Topliss-reactive ketones (excluding diaryl/α,β-unsaturated/α-hetero) is 2. The Labute approximate surface area is 151 Å². The van der Waals surface area contributed by atoms with Gasteiger partial charge in [0.05, 0.1) is 17.4 Å². The average Bonchev–Trinajstić information content (AvgIpc) is 2.61. The second kappa shape index (κ2) is 7.09. The highest BCUT2D eigenvalue weighted by atomic mass is 16.7. The molecule has 0 N–H and O–H groups in total. The summed E-state index contributed by atoms with van der Waals surface area (Å²) < 4.78 is 26.7. The number of hydrogen-bond acceptors (Lipinski definition) is 7. The third-order valence-electron chi connectivity index (χ3n) is 4.32. The van der Waals surface area contributed by atoms with Gasteiger partial charge in [0.1, 0.15) is 17.1 Å². The lowest BCUT2D eigenvalue weighted by atomic mass is 9.72. The van der Waals surface area contributed by atoms with Crippen LogP contribution in [0.3, 0.4) is 0 Å². The third-order valence-corrected chi connectivity index (χ3v) is 4.32. The Morgan fingerprint density at radius 3 is 2.46 bits per heavy atom. The fourth-order valence-corrected chi connectivity index (χ4v) is 3.13. The number of carbonyl (C=O) groups is 2. The van der Waals surface area contributed by atoms with E-state index in [1.54, 1.807) is 24.3 Å². The van der Waals surface area contributed by atoms with Gasteiger partial charge in [-0.2, -0.15) is 0 Å². The van der Waals surface area contributed by atoms with E-state index < -0.39 is 17.4 Å². The van der Waals surface area contributed by atoms with Crippen molar-refractivity contribution in [1.29, 1.82) is 0 Å². The molecule has 7 nitrogen and oxygen atoms in total. The zero-order valence-corrected chi connectivity index (χ0v) is 15.2. The molecule has 0 aromatic rings. The van der Waals surface area contributed by atoms with Crippen molar-refractivity contribution in [2.45, 2.75) is 19.4 Å². The van der Waals surface area contributed by atoms with Gasteiger partial charge in [-0.25, -0.2) is 0 Å². The normalized spacial score (nSPS) is 26.5. The highest BCUT2D eigenvalue weighted by molar-refractivity contribution is 6.16. The Morgan fingerprint density at radius 2 is 1.77 bits per heavy atom. The van der Waals surface area contributed by atoms with Crippen molar-refractivity contribution in [2.24, 2.45) is 11.8 Å². The van der Waals surface area contributed by atoms with Crippen LogP contribution in [0, 0.1) is 11.8 Å². The molecule has 1 aliphatic heterocycles. The minimum absolute atomic E-state index is 0.0135. The predicted molar refractivity (Wildman–Crippen MR) is 90.4 cm³/mol. The molecule has 0 fully saturated rings. The highest BCUT2D eigenvalue weighted by Gasteiger charge is 2.49. The number of methoxy groups -OCH3 is 2. The van der Waals surface area contributed by atoms with Crippen LogP contribution >= 0.6 is 0 Å². The molecule has 3 aliphatic rings. The SMILES string of the molecule is COCOC1=CC2C(=O)C3=C(C=CC(C)(C)O3)C(=O)C2C(OCOC)=C1. The van der Waals surface area contributed by atoms with Crippen molar-refractivity contribution in [3.63, 3.8) is 0 Å². The maximum atomic E-state index is 13.1. The lowest BCUT2D eigenvalue weighted by molar-refractivity contribution is -0.134. The van der Waals surface area contributed by atoms with Crippen LogP contribution < -0.4 is 0 Å². The van der Waals surface area contributed by atoms with E-state index in [-0.39, 0.29) is 36.5 Å². The van der Waals surface area contributed by atoms with Gasteiger partial charge in [0, 0.05) is 20.3 Å². The zero-order valence-electron chi connectivity index (χ0n) is 15.2. The molecule has 0 spiro atoms. The molecule has 140 valence electrons. The summed E-state index contributed by atoms with van der Waals surface area (Å²) in [4.78, 5) is 26.1. The third kappa shape index (κ3) is 3.32. The molecule has 0 aromatic carbocycles. The van der Waals surface area contributed by atoms with Gasteiger partial charge < -0.3 is 23.7 Å². The summed E-state index contributed by atoms with van der Waals surface area (Å²) in [7, 11) is 2.97. The first-order chi connectivity index (χ1) is 12.4. The minimum Gasteiger partial charge on any atom is -0.479 e. The minimum atomic E-state index is -0.763. The summed E-state index contributed by atoms with van der Waals surface area (Å²) in [5, 5.41) is 0. The van der Waals surface area contributed by atoms with Crippen LogP contribution in [0.5, 0.6) is 0 Å². The lowest BCUT2D eigenvalue weighted by Gasteiger charge is -2.37. The topological polar surface area (TPSA) is 80.3 Å². The Hall–Kier alpha value is -2.38. The highest BCUT2D eigenvalue weighted by Crippen LogP contribution is 2.42. The van der Waals surface area contributed by atoms with Crippen molar-refractivity contribution >= 4 is 11.6 Å². The van der Waals surface area contributed by atoms with Crippen molar-refractivity contribution in [3.8, 4) is 0 Å². The molecule has 1 heterocycles. The van der Waals surface area contributed by atoms with Gasteiger partial charge in [0.15, 0.2) is 25.1 Å². The lowest BCUT2D eigenvalue weighted by Crippen LogP contribution is -2.43. The van der Waals surface area contributed by atoms with Gasteiger partial charge in [-0.15, -0.1) is 0 Å². The van der Waals surface area contributed by atoms with E-state index in [2.05, 4.69) is 0 Å². The molecule has 2 aliphatic carbocycles. The Balaban J connectivity index is 2.00. The van der Waals surface area contributed by atoms with Crippen LogP contribution in [0.4, 0.5) is 0 Å². The summed E-state index contributed by atoms with van der Waals surface area (Å²) in [5.74, 6) is -1.19. The largest absolute Gasteiger partial charge is 0.479 e. The zero-order chi connectivity index (χ0) is 18.9. The van der Waals surface area contributed by atoms with Crippen molar-refractivity contribution in [1.82, 2.24) is 0 Å². The smallest absolute Gasteiger partial charge is 0.206 e. The molecule has 26 heavy (non-hydrogen) atoms. The first-order valence-electron chi connectivity index (χ1n) is 8.26. The van der Waals surface area contributed by atoms with Gasteiger partial charge in [-0.05, 0) is 32.1 Å². The van der Waals surface area contributed by atoms with Crippen molar-refractivity contribution in [2.75, 3.05) is 27.8 Å². The van der Waals surface area contributed by atoms with Gasteiger partial charge in [-0.1, -0.05) is 0 Å². The molecule has 2 atom stereocenters. The Morgan fingerprint density at radius 1 is 1.08 bits per heavy atom. The second-order valence-electron chi connectivity index (χ2n) is 6.73. The van der Waals surface area contributed by atoms with Crippen LogP contribution in [-0.2, 0) is 33.3 Å². The maximum Gasteiger partial charge on any atom is 0.206 e. The van der Waals surface area contributed by atoms with Gasteiger partial charge in [-0.3, -0.25) is 9.59 Å². The molecule has 3 rings (SSSR count). The van der Waals surface area contributed by atoms with Crippen molar-refractivity contribution < 1.29 is 33.3 Å². The summed E-state index contributed by atoms with van der Waals surface area (Å²) >= 11 is 0. The summed E-state index contributed by atoms with van der Waals surface area (Å²) in [6.07, 6.45) is 6.63. The molecular weight excluding hydrogens is 340 g/mol. The van der Waals surface area contributed by atoms with Crippen LogP contribution in [0.1, 0.15) is 13.8 Å². The number of hydrogen-bond donors (Lipinski definition) is 0. The second-order valence-corrected chi connectivity index (χ2v) is 6.73. The first-order valence-corrected chi connectivity index (χ1v) is 8.26. The summed E-state index contributed by atoms with van der Waals surface area (Å²) in [5.41, 5.74) is -0.377. The number of rotatable bonds is 6. The van der Waals surface area contributed by atoms with E-state index in [0.717, 1.165) is 0 Å². The molecule has 0 saturated carbocycles. The number of carbonyl (C=O) groups excluding carboxylic acids is 2. The number of ketones is 2. The molecular formula is C19H22O7. The average molecular weight is 362 g/mol. The van der Waals surface area contributed by atoms with Gasteiger partial charge in [0.2, 0.25) is 5.78 Å². The molecule has 0 amide bonds. The van der Waals surface area contributed by atoms with E-state index in [4.69, 9.17) is 23.7 Å². The van der Waals surface area contributed by atoms with Crippen LogP contribution in [0.15, 0.2) is 47.2 Å². The molecule has 0 radical (unpaired) electrons. The van der Waals surface area contributed by atoms with Crippen LogP contribution in [0.2, 0.25) is 0 Å². The standard InChI is InChI=1S/C19H22O7/c1-19(2)6-5-12-16(20)15-13(17(21)18(12)26-19)7-11(24-9-22-3)8-14(15)25-10-23-4/h5-8,13,15H,9-10H2,1-4H3. The van der Waals surface area contributed by atoms with E-state index in [1.165, 1.54) is 14.2 Å². The Bertz CT molecular complexity index is 739. The Kier molecular flexibility index (Phi) is 5.02. The molecule has 0 saturated heterocycles. The predicted octanol–water partition coefficient (Wildman–Crippen LogP) is 2.01. The first kappa shape index (κ1) is 18.4. The summed E-state index contributed by atoms with van der Waals surface area (Å²) in [6.45, 7) is 3.63. The van der Waals surface area contributed by atoms with E-state index in [1.807, 2.05) is 13.8 Å². The van der Waals surface area contributed by atoms with Crippen LogP contribution in [0.25, 0.3) is 0 Å². The molecule has 7 heteroatoms. The maximum absolute atomic E-state index is 13.1.